The van der Waals surface area contributed by atoms with E-state index in [0.717, 1.165) is 24.2 Å². The van der Waals surface area contributed by atoms with Gasteiger partial charge in [-0.1, -0.05) is 55.0 Å². The fraction of sp³-hybridized carbons (Fsp3) is 0.458. The third kappa shape index (κ3) is 5.53. The Labute approximate surface area is 186 Å². The lowest BCUT2D eigenvalue weighted by Gasteiger charge is -2.31. The topological polar surface area (TPSA) is 69.7 Å². The number of carbonyl (C=O) groups is 1. The highest BCUT2D eigenvalue weighted by molar-refractivity contribution is 7.89. The predicted octanol–water partition coefficient (Wildman–Crippen LogP) is 2.84. The van der Waals surface area contributed by atoms with Gasteiger partial charge in [0, 0.05) is 32.7 Å². The number of benzene rings is 2. The molecule has 1 N–H and O–H groups in total. The molecule has 1 aliphatic heterocycles. The predicted molar refractivity (Wildman–Crippen MR) is 124 cm³/mol. The maximum absolute atomic E-state index is 13.8. The highest BCUT2D eigenvalue weighted by Crippen LogP contribution is 2.27. The highest BCUT2D eigenvalue weighted by atomic mass is 32.2. The fourth-order valence-electron chi connectivity index (χ4n) is 4.31. The van der Waals surface area contributed by atoms with Gasteiger partial charge in [0.1, 0.15) is 0 Å². The van der Waals surface area contributed by atoms with Gasteiger partial charge in [0.25, 0.3) is 0 Å². The minimum atomic E-state index is -3.85. The normalized spacial score (nSPS) is 15.8. The number of nitrogens with one attached hydrogen (secondary N) is 1. The number of sulfonamides is 1. The Morgan fingerprint density at radius 1 is 1.06 bits per heavy atom. The molecule has 1 atom stereocenters. The van der Waals surface area contributed by atoms with Crippen LogP contribution in [0.2, 0.25) is 0 Å². The standard InChI is InChI=1S/C24H33N3O3S/c1-18-14-19(2)24(20(3)15-18)31(29,30)27(16-21(4)22-8-6-5-7-9-22)17-23(28)26-12-10-25-11-13-26/h5-9,14-15,21,25H,10-13,16-17H2,1-4H3. The van der Waals surface area contributed by atoms with Crippen LogP contribution in [0.25, 0.3) is 0 Å². The SMILES string of the molecule is Cc1cc(C)c(S(=O)(=O)N(CC(=O)N2CCNCC2)CC(C)c2ccccc2)c(C)c1. The van der Waals surface area contributed by atoms with Crippen molar-refractivity contribution < 1.29 is 13.2 Å². The molecule has 3 rings (SSSR count). The second-order valence-corrected chi connectivity index (χ2v) is 10.3. The molecular weight excluding hydrogens is 410 g/mol. The molecule has 31 heavy (non-hydrogen) atoms. The van der Waals surface area contributed by atoms with Crippen molar-refractivity contribution in [2.24, 2.45) is 0 Å². The van der Waals surface area contributed by atoms with Gasteiger partial charge in [-0.25, -0.2) is 8.42 Å². The van der Waals surface area contributed by atoms with Crippen molar-refractivity contribution in [1.29, 1.82) is 0 Å². The zero-order valence-electron chi connectivity index (χ0n) is 18.9. The highest BCUT2D eigenvalue weighted by Gasteiger charge is 2.32. The van der Waals surface area contributed by atoms with Crippen LogP contribution in [-0.2, 0) is 14.8 Å². The molecule has 2 aromatic carbocycles. The molecule has 1 aliphatic rings. The molecule has 168 valence electrons. The van der Waals surface area contributed by atoms with Crippen LogP contribution in [-0.4, -0.2) is 62.8 Å². The van der Waals surface area contributed by atoms with Crippen molar-refractivity contribution in [3.05, 3.63) is 64.7 Å². The van der Waals surface area contributed by atoms with Crippen molar-refractivity contribution in [3.8, 4) is 0 Å². The van der Waals surface area contributed by atoms with Gasteiger partial charge >= 0.3 is 0 Å². The van der Waals surface area contributed by atoms with Gasteiger partial charge in [-0.3, -0.25) is 4.79 Å². The number of hydrogen-bond acceptors (Lipinski definition) is 4. The molecule has 1 unspecified atom stereocenters. The number of piperazine rings is 1. The van der Waals surface area contributed by atoms with Crippen LogP contribution in [0.15, 0.2) is 47.4 Å². The van der Waals surface area contributed by atoms with Crippen molar-refractivity contribution in [2.75, 3.05) is 39.3 Å². The minimum Gasteiger partial charge on any atom is -0.339 e. The number of amides is 1. The average molecular weight is 444 g/mol. The molecule has 0 radical (unpaired) electrons. The van der Waals surface area contributed by atoms with E-state index in [-0.39, 0.29) is 24.9 Å². The monoisotopic (exact) mass is 443 g/mol. The lowest BCUT2D eigenvalue weighted by Crippen LogP contribution is -2.50. The first-order chi connectivity index (χ1) is 14.7. The molecule has 1 amide bonds. The van der Waals surface area contributed by atoms with Gasteiger partial charge in [0.15, 0.2) is 0 Å². The molecule has 1 saturated heterocycles. The van der Waals surface area contributed by atoms with Gasteiger partial charge < -0.3 is 10.2 Å². The van der Waals surface area contributed by atoms with E-state index in [1.807, 2.05) is 70.2 Å². The fourth-order valence-corrected chi connectivity index (χ4v) is 6.20. The van der Waals surface area contributed by atoms with Gasteiger partial charge in [0.2, 0.25) is 15.9 Å². The molecule has 1 heterocycles. The van der Waals surface area contributed by atoms with Gasteiger partial charge in [-0.05, 0) is 43.4 Å². The maximum Gasteiger partial charge on any atom is 0.244 e. The van der Waals surface area contributed by atoms with Crippen molar-refractivity contribution in [3.63, 3.8) is 0 Å². The summed E-state index contributed by atoms with van der Waals surface area (Å²) in [6.45, 7) is 10.4. The van der Waals surface area contributed by atoms with Gasteiger partial charge in [-0.2, -0.15) is 4.31 Å². The summed E-state index contributed by atoms with van der Waals surface area (Å²) in [6.07, 6.45) is 0. The number of nitrogens with zero attached hydrogens (tertiary/aromatic N) is 2. The van der Waals surface area contributed by atoms with Crippen molar-refractivity contribution >= 4 is 15.9 Å². The molecule has 6 nitrogen and oxygen atoms in total. The Morgan fingerprint density at radius 2 is 1.65 bits per heavy atom. The van der Waals surface area contributed by atoms with Gasteiger partial charge in [-0.15, -0.1) is 0 Å². The van der Waals surface area contributed by atoms with Crippen LogP contribution < -0.4 is 5.32 Å². The average Bonchev–Trinajstić information content (AvgIpc) is 2.73. The molecule has 0 saturated carbocycles. The van der Waals surface area contributed by atoms with E-state index in [9.17, 15) is 13.2 Å². The second-order valence-electron chi connectivity index (χ2n) is 8.47. The van der Waals surface area contributed by atoms with E-state index in [0.29, 0.717) is 29.1 Å². The Bertz CT molecular complexity index is 993. The van der Waals surface area contributed by atoms with Crippen LogP contribution in [0.3, 0.4) is 0 Å². The molecule has 0 bridgehead atoms. The Morgan fingerprint density at radius 3 is 2.23 bits per heavy atom. The van der Waals surface area contributed by atoms with Gasteiger partial charge in [0.05, 0.1) is 11.4 Å². The summed E-state index contributed by atoms with van der Waals surface area (Å²) in [4.78, 5) is 15.1. The summed E-state index contributed by atoms with van der Waals surface area (Å²) in [6, 6.07) is 13.6. The first kappa shape index (κ1) is 23.4. The summed E-state index contributed by atoms with van der Waals surface area (Å²) in [5.74, 6) is -0.189. The summed E-state index contributed by atoms with van der Waals surface area (Å²) in [5, 5.41) is 3.23. The van der Waals surface area contributed by atoms with E-state index in [2.05, 4.69) is 5.32 Å². The van der Waals surface area contributed by atoms with Crippen molar-refractivity contribution in [2.45, 2.75) is 38.5 Å². The Balaban J connectivity index is 1.95. The summed E-state index contributed by atoms with van der Waals surface area (Å²) in [7, 11) is -3.85. The number of rotatable bonds is 7. The zero-order chi connectivity index (χ0) is 22.6. The second kappa shape index (κ2) is 9.94. The van der Waals surface area contributed by atoms with E-state index in [1.54, 1.807) is 4.90 Å². The van der Waals surface area contributed by atoms with E-state index in [1.165, 1.54) is 4.31 Å². The Hall–Kier alpha value is -2.22. The lowest BCUT2D eigenvalue weighted by atomic mass is 10.0. The Kier molecular flexibility index (Phi) is 7.51. The minimum absolute atomic E-state index is 0.0436. The first-order valence-electron chi connectivity index (χ1n) is 10.8. The van der Waals surface area contributed by atoms with Crippen LogP contribution in [0.5, 0.6) is 0 Å². The molecular formula is C24H33N3O3S. The number of hydrogen-bond donors (Lipinski definition) is 1. The zero-order valence-corrected chi connectivity index (χ0v) is 19.7. The lowest BCUT2D eigenvalue weighted by molar-refractivity contribution is -0.132. The van der Waals surface area contributed by atoms with E-state index >= 15 is 0 Å². The van der Waals surface area contributed by atoms with Crippen LogP contribution in [0, 0.1) is 20.8 Å². The van der Waals surface area contributed by atoms with Crippen molar-refractivity contribution in [1.82, 2.24) is 14.5 Å². The van der Waals surface area contributed by atoms with Crippen LogP contribution in [0.1, 0.15) is 35.1 Å². The van der Waals surface area contributed by atoms with Crippen LogP contribution >= 0.6 is 0 Å². The van der Waals surface area contributed by atoms with E-state index in [4.69, 9.17) is 0 Å². The summed E-state index contributed by atoms with van der Waals surface area (Å²) < 4.78 is 29.0. The third-order valence-electron chi connectivity index (χ3n) is 5.83. The number of carbonyl (C=O) groups excluding carboxylic acids is 1. The van der Waals surface area contributed by atoms with E-state index < -0.39 is 10.0 Å². The van der Waals surface area contributed by atoms with Crippen LogP contribution in [0.4, 0.5) is 0 Å². The largest absolute Gasteiger partial charge is 0.339 e. The molecule has 0 aromatic heterocycles. The number of aryl methyl sites for hydroxylation is 3. The first-order valence-corrected chi connectivity index (χ1v) is 12.3. The maximum atomic E-state index is 13.8. The summed E-state index contributed by atoms with van der Waals surface area (Å²) in [5.41, 5.74) is 3.50. The third-order valence-corrected chi connectivity index (χ3v) is 7.95. The molecule has 0 aliphatic carbocycles. The summed E-state index contributed by atoms with van der Waals surface area (Å²) >= 11 is 0. The molecule has 1 fully saturated rings. The quantitative estimate of drug-likeness (QED) is 0.714. The molecule has 7 heteroatoms. The molecule has 0 spiro atoms. The molecule has 2 aromatic rings. The smallest absolute Gasteiger partial charge is 0.244 e.